The number of imide groups is 1. The lowest BCUT2D eigenvalue weighted by Gasteiger charge is -2.18. The van der Waals surface area contributed by atoms with Crippen LogP contribution in [0.2, 0.25) is 0 Å². The van der Waals surface area contributed by atoms with E-state index in [1.54, 1.807) is 36.2 Å². The molecular weight excluding hydrogens is 554 g/mol. The highest BCUT2D eigenvalue weighted by molar-refractivity contribution is 8.18. The average Bonchev–Trinajstić information content (AvgIpc) is 3.21. The van der Waals surface area contributed by atoms with Crippen molar-refractivity contribution in [3.05, 3.63) is 62.5 Å². The SMILES string of the molecule is COc1ccccc1C(=O)CCCCC(=O)N(C)CCCCN1C(=O)S/C(=C\c2cc(O)c(O)c([N+](=O)[O-])c2)C1=O. The van der Waals surface area contributed by atoms with Gasteiger partial charge in [0.15, 0.2) is 11.5 Å². The predicted molar refractivity (Wildman–Crippen MR) is 152 cm³/mol. The second-order valence-electron chi connectivity index (χ2n) is 9.35. The number of Topliss-reactive ketones (excluding diaryl/α,β-unsaturated/α-hetero) is 1. The van der Waals surface area contributed by atoms with Crippen LogP contribution >= 0.6 is 11.8 Å². The number of hydrogen-bond donors (Lipinski definition) is 2. The van der Waals surface area contributed by atoms with E-state index in [0.29, 0.717) is 68.1 Å². The Bertz CT molecular complexity index is 1380. The smallest absolute Gasteiger partial charge is 0.315 e. The Hall–Kier alpha value is -4.39. The molecule has 3 rings (SSSR count). The van der Waals surface area contributed by atoms with Gasteiger partial charge in [0.1, 0.15) is 5.75 Å². The van der Waals surface area contributed by atoms with E-state index in [4.69, 9.17) is 4.74 Å². The molecule has 0 unspecified atom stereocenters. The van der Waals surface area contributed by atoms with Crippen molar-refractivity contribution in [3.63, 3.8) is 0 Å². The number of unbranched alkanes of at least 4 members (excludes halogenated alkanes) is 2. The number of nitro benzene ring substituents is 1. The van der Waals surface area contributed by atoms with Gasteiger partial charge in [-0.25, -0.2) is 0 Å². The van der Waals surface area contributed by atoms with Gasteiger partial charge >= 0.3 is 5.69 Å². The molecule has 2 aromatic carbocycles. The molecule has 0 atom stereocenters. The van der Waals surface area contributed by atoms with Crippen LogP contribution in [-0.4, -0.2) is 75.0 Å². The van der Waals surface area contributed by atoms with Crippen molar-refractivity contribution in [3.8, 4) is 17.2 Å². The number of benzene rings is 2. The van der Waals surface area contributed by atoms with Crippen molar-refractivity contribution in [2.24, 2.45) is 0 Å². The number of nitrogens with zero attached hydrogens (tertiary/aromatic N) is 3. The number of amides is 3. The van der Waals surface area contributed by atoms with Crippen molar-refractivity contribution in [1.82, 2.24) is 9.80 Å². The lowest BCUT2D eigenvalue weighted by atomic mass is 10.0. The molecule has 2 N–H and O–H groups in total. The zero-order chi connectivity index (χ0) is 30.1. The maximum absolute atomic E-state index is 12.7. The van der Waals surface area contributed by atoms with E-state index in [0.717, 1.165) is 17.0 Å². The molecule has 2 aromatic rings. The highest BCUT2D eigenvalue weighted by Gasteiger charge is 2.34. The van der Waals surface area contributed by atoms with Gasteiger partial charge in [-0.2, -0.15) is 0 Å². The Morgan fingerprint density at radius 3 is 2.51 bits per heavy atom. The summed E-state index contributed by atoms with van der Waals surface area (Å²) >= 11 is 0.673. The van der Waals surface area contributed by atoms with Crippen LogP contribution in [0.5, 0.6) is 17.2 Å². The van der Waals surface area contributed by atoms with E-state index in [1.807, 2.05) is 0 Å². The Balaban J connectivity index is 1.41. The van der Waals surface area contributed by atoms with Gasteiger partial charge in [0.25, 0.3) is 11.1 Å². The summed E-state index contributed by atoms with van der Waals surface area (Å²) < 4.78 is 5.22. The first-order chi connectivity index (χ1) is 19.5. The van der Waals surface area contributed by atoms with Gasteiger partial charge in [-0.05, 0) is 67.3 Å². The van der Waals surface area contributed by atoms with Crippen molar-refractivity contribution in [2.75, 3.05) is 27.2 Å². The molecular formula is C28H31N3O9S. The lowest BCUT2D eigenvalue weighted by Crippen LogP contribution is -2.31. The van der Waals surface area contributed by atoms with Gasteiger partial charge in [0.2, 0.25) is 11.7 Å². The van der Waals surface area contributed by atoms with E-state index < -0.39 is 33.3 Å². The van der Waals surface area contributed by atoms with Gasteiger partial charge in [0, 0.05) is 39.0 Å². The third-order valence-corrected chi connectivity index (χ3v) is 7.37. The number of ketones is 1. The summed E-state index contributed by atoms with van der Waals surface area (Å²) in [5, 5.41) is 29.9. The molecule has 1 fully saturated rings. The summed E-state index contributed by atoms with van der Waals surface area (Å²) in [6.07, 6.45) is 4.00. The minimum Gasteiger partial charge on any atom is -0.504 e. The number of carbonyl (C=O) groups excluding carboxylic acids is 4. The Kier molecular flexibility index (Phi) is 10.9. The molecule has 1 heterocycles. The maximum Gasteiger partial charge on any atom is 0.315 e. The summed E-state index contributed by atoms with van der Waals surface area (Å²) in [6.45, 7) is 0.567. The zero-order valence-electron chi connectivity index (χ0n) is 22.7. The van der Waals surface area contributed by atoms with Crippen LogP contribution in [-0.2, 0) is 9.59 Å². The van der Waals surface area contributed by atoms with E-state index in [2.05, 4.69) is 0 Å². The number of thioether (sulfide) groups is 1. The Labute approximate surface area is 240 Å². The number of methoxy groups -OCH3 is 1. The number of ether oxygens (including phenoxy) is 1. The van der Waals surface area contributed by atoms with Crippen molar-refractivity contribution in [1.29, 1.82) is 0 Å². The van der Waals surface area contributed by atoms with E-state index in [-0.39, 0.29) is 28.7 Å². The molecule has 218 valence electrons. The van der Waals surface area contributed by atoms with Gasteiger partial charge in [-0.15, -0.1) is 0 Å². The molecule has 1 aliphatic heterocycles. The minimum atomic E-state index is -0.886. The highest BCUT2D eigenvalue weighted by Crippen LogP contribution is 2.38. The molecule has 0 saturated carbocycles. The number of phenols is 2. The molecule has 13 heteroatoms. The normalized spacial score (nSPS) is 14.0. The molecule has 0 bridgehead atoms. The number of carbonyl (C=O) groups is 4. The van der Waals surface area contributed by atoms with Crippen LogP contribution in [0.25, 0.3) is 6.08 Å². The number of phenolic OH excluding ortho intramolecular Hbond substituents is 2. The first-order valence-corrected chi connectivity index (χ1v) is 13.7. The quantitative estimate of drug-likeness (QED) is 0.0789. The van der Waals surface area contributed by atoms with Crippen LogP contribution in [0.1, 0.15) is 54.4 Å². The topological polar surface area (TPSA) is 168 Å². The summed E-state index contributed by atoms with van der Waals surface area (Å²) in [7, 11) is 3.19. The highest BCUT2D eigenvalue weighted by atomic mass is 32.2. The molecule has 0 aromatic heterocycles. The van der Waals surface area contributed by atoms with Crippen LogP contribution in [0.4, 0.5) is 10.5 Å². The van der Waals surface area contributed by atoms with Gasteiger partial charge in [-0.3, -0.25) is 34.2 Å². The molecule has 0 spiro atoms. The van der Waals surface area contributed by atoms with Crippen LogP contribution in [0.15, 0.2) is 41.3 Å². The fourth-order valence-electron chi connectivity index (χ4n) is 4.20. The number of hydrogen-bond acceptors (Lipinski definition) is 10. The summed E-state index contributed by atoms with van der Waals surface area (Å²) in [5.41, 5.74) is -0.115. The minimum absolute atomic E-state index is 0.0332. The maximum atomic E-state index is 12.7. The predicted octanol–water partition coefficient (Wildman–Crippen LogP) is 4.73. The molecule has 12 nitrogen and oxygen atoms in total. The van der Waals surface area contributed by atoms with Crippen molar-refractivity contribution < 1.29 is 39.1 Å². The van der Waals surface area contributed by atoms with Crippen LogP contribution in [0.3, 0.4) is 0 Å². The second kappa shape index (κ2) is 14.3. The fraction of sp³-hybridized carbons (Fsp3) is 0.357. The summed E-state index contributed by atoms with van der Waals surface area (Å²) in [5.74, 6) is -1.74. The number of para-hydroxylation sites is 1. The van der Waals surface area contributed by atoms with Crippen molar-refractivity contribution >= 4 is 46.4 Å². The second-order valence-corrected chi connectivity index (χ2v) is 10.3. The van der Waals surface area contributed by atoms with E-state index in [9.17, 15) is 39.5 Å². The van der Waals surface area contributed by atoms with Gasteiger partial charge < -0.3 is 19.8 Å². The fourth-order valence-corrected chi connectivity index (χ4v) is 5.06. The van der Waals surface area contributed by atoms with E-state index in [1.165, 1.54) is 13.2 Å². The molecule has 3 amide bonds. The third-order valence-electron chi connectivity index (χ3n) is 6.46. The summed E-state index contributed by atoms with van der Waals surface area (Å²) in [4.78, 5) is 62.9. The number of rotatable bonds is 14. The monoisotopic (exact) mass is 585 g/mol. The lowest BCUT2D eigenvalue weighted by molar-refractivity contribution is -0.386. The molecule has 1 aliphatic rings. The van der Waals surface area contributed by atoms with Gasteiger partial charge in [-0.1, -0.05) is 12.1 Å². The summed E-state index contributed by atoms with van der Waals surface area (Å²) in [6, 6.07) is 9.07. The average molecular weight is 586 g/mol. The standard InChI is InChI=1S/C28H31N3O9S/c1-29(25(34)12-6-4-10-21(32)19-9-3-5-11-23(19)40-2)13-7-8-14-30-27(36)24(41-28(30)37)17-18-15-20(31(38)39)26(35)22(33)16-18/h3,5,9,11,15-17,33,35H,4,6-8,10,12-14H2,1-2H3/b24-17-. The third kappa shape index (κ3) is 8.07. The van der Waals surface area contributed by atoms with E-state index >= 15 is 0 Å². The number of nitro groups is 1. The molecule has 0 aliphatic carbocycles. The Morgan fingerprint density at radius 1 is 1.10 bits per heavy atom. The largest absolute Gasteiger partial charge is 0.504 e. The van der Waals surface area contributed by atoms with Crippen molar-refractivity contribution in [2.45, 2.75) is 38.5 Å². The Morgan fingerprint density at radius 2 is 1.80 bits per heavy atom. The van der Waals surface area contributed by atoms with Crippen LogP contribution < -0.4 is 4.74 Å². The van der Waals surface area contributed by atoms with Gasteiger partial charge in [0.05, 0.1) is 22.5 Å². The first kappa shape index (κ1) is 31.1. The number of aromatic hydroxyl groups is 2. The zero-order valence-corrected chi connectivity index (χ0v) is 23.5. The molecule has 41 heavy (non-hydrogen) atoms. The first-order valence-electron chi connectivity index (χ1n) is 12.9. The molecule has 0 radical (unpaired) electrons. The van der Waals surface area contributed by atoms with Crippen LogP contribution in [0, 0.1) is 10.1 Å². The molecule has 1 saturated heterocycles.